The first-order chi connectivity index (χ1) is 5.77. The molecule has 0 amide bonds. The molecule has 0 N–H and O–H groups in total. The predicted molar refractivity (Wildman–Crippen MR) is 45.4 cm³/mol. The summed E-state index contributed by atoms with van der Waals surface area (Å²) in [5.41, 5.74) is -2.14. The number of hydrogen-bond donors (Lipinski definition) is 0. The lowest BCUT2D eigenvalue weighted by molar-refractivity contribution is 0.00602. The third-order valence-electron chi connectivity index (χ3n) is 1.66. The Bertz CT molecular complexity index is 209. The molecule has 0 aromatic rings. The minimum atomic E-state index is -2.14. The summed E-state index contributed by atoms with van der Waals surface area (Å²) in [5.74, 6) is -1.26. The van der Waals surface area contributed by atoms with Crippen LogP contribution in [0.3, 0.4) is 0 Å². The molecule has 0 spiro atoms. The van der Waals surface area contributed by atoms with Crippen LogP contribution in [0, 0.1) is 0 Å². The fourth-order valence-corrected chi connectivity index (χ4v) is 0.421. The second kappa shape index (κ2) is 4.35. The van der Waals surface area contributed by atoms with Crippen molar-refractivity contribution in [2.75, 3.05) is 6.61 Å². The SMILES string of the molecule is C=C(F)C(=C)OCC(C)(F)[C@@H](C)F. The summed E-state index contributed by atoms with van der Waals surface area (Å²) in [6.07, 6.45) is -1.69. The zero-order valence-corrected chi connectivity index (χ0v) is 7.74. The van der Waals surface area contributed by atoms with Crippen molar-refractivity contribution in [1.29, 1.82) is 0 Å². The second-order valence-corrected chi connectivity index (χ2v) is 3.01. The van der Waals surface area contributed by atoms with E-state index < -0.39 is 24.3 Å². The van der Waals surface area contributed by atoms with Gasteiger partial charge >= 0.3 is 0 Å². The van der Waals surface area contributed by atoms with E-state index in [9.17, 15) is 13.2 Å². The van der Waals surface area contributed by atoms with Gasteiger partial charge in [-0.1, -0.05) is 13.2 Å². The van der Waals surface area contributed by atoms with E-state index in [0.29, 0.717) is 0 Å². The molecule has 0 aliphatic rings. The van der Waals surface area contributed by atoms with E-state index in [1.165, 1.54) is 0 Å². The van der Waals surface area contributed by atoms with Crippen LogP contribution in [0.15, 0.2) is 24.7 Å². The van der Waals surface area contributed by atoms with Crippen LogP contribution in [0.5, 0.6) is 0 Å². The maximum absolute atomic E-state index is 13.1. The molecule has 0 aromatic carbocycles. The van der Waals surface area contributed by atoms with E-state index in [1.54, 1.807) is 0 Å². The van der Waals surface area contributed by atoms with Crippen LogP contribution in [-0.2, 0) is 4.74 Å². The highest BCUT2D eigenvalue weighted by Crippen LogP contribution is 2.21. The molecule has 1 nitrogen and oxygen atoms in total. The molecule has 0 saturated carbocycles. The molecular weight excluding hydrogens is 181 g/mol. The number of rotatable bonds is 5. The zero-order valence-electron chi connectivity index (χ0n) is 7.74. The highest BCUT2D eigenvalue weighted by molar-refractivity contribution is 5.11. The number of allylic oxidation sites excluding steroid dienone is 1. The normalized spacial score (nSPS) is 17.3. The van der Waals surface area contributed by atoms with Crippen molar-refractivity contribution in [2.45, 2.75) is 25.7 Å². The van der Waals surface area contributed by atoms with Gasteiger partial charge in [0.15, 0.2) is 11.5 Å². The minimum absolute atomic E-state index is 0.371. The van der Waals surface area contributed by atoms with Crippen molar-refractivity contribution in [3.05, 3.63) is 24.7 Å². The molecule has 0 fully saturated rings. The van der Waals surface area contributed by atoms with Gasteiger partial charge in [-0.2, -0.15) is 0 Å². The van der Waals surface area contributed by atoms with E-state index in [2.05, 4.69) is 17.9 Å². The average Bonchev–Trinajstić information content (AvgIpc) is 1.99. The molecule has 76 valence electrons. The molecule has 0 bridgehead atoms. The van der Waals surface area contributed by atoms with Gasteiger partial charge in [0, 0.05) is 0 Å². The number of alkyl halides is 2. The topological polar surface area (TPSA) is 9.23 Å². The summed E-state index contributed by atoms with van der Waals surface area (Å²) in [6.45, 7) is 7.55. The average molecular weight is 194 g/mol. The Hall–Kier alpha value is -0.930. The lowest BCUT2D eigenvalue weighted by Gasteiger charge is -2.22. The minimum Gasteiger partial charge on any atom is -0.488 e. The van der Waals surface area contributed by atoms with Gasteiger partial charge in [-0.25, -0.2) is 13.2 Å². The van der Waals surface area contributed by atoms with Crippen LogP contribution in [0.25, 0.3) is 0 Å². The van der Waals surface area contributed by atoms with Gasteiger partial charge < -0.3 is 4.74 Å². The fourth-order valence-electron chi connectivity index (χ4n) is 0.421. The standard InChI is InChI=1S/C9H13F3O/c1-6(10)7(2)13-5-9(4,12)8(3)11/h8H,1-2,5H2,3-4H3/t8-,9?/m1/s1. The smallest absolute Gasteiger partial charge is 0.172 e. The predicted octanol–water partition coefficient (Wildman–Crippen LogP) is 3.09. The van der Waals surface area contributed by atoms with Crippen LogP contribution >= 0.6 is 0 Å². The van der Waals surface area contributed by atoms with Crippen LogP contribution in [0.1, 0.15) is 13.8 Å². The van der Waals surface area contributed by atoms with Crippen LogP contribution in [0.2, 0.25) is 0 Å². The summed E-state index contributed by atoms with van der Waals surface area (Å²) >= 11 is 0. The maximum Gasteiger partial charge on any atom is 0.172 e. The Morgan fingerprint density at radius 2 is 2.00 bits per heavy atom. The Labute approximate surface area is 75.9 Å². The highest BCUT2D eigenvalue weighted by Gasteiger charge is 2.32. The van der Waals surface area contributed by atoms with Gasteiger partial charge in [0.2, 0.25) is 0 Å². The Morgan fingerprint density at radius 1 is 1.54 bits per heavy atom. The number of hydrogen-bond acceptors (Lipinski definition) is 1. The van der Waals surface area contributed by atoms with E-state index >= 15 is 0 Å². The first-order valence-electron chi connectivity index (χ1n) is 3.77. The van der Waals surface area contributed by atoms with E-state index in [0.717, 1.165) is 13.8 Å². The van der Waals surface area contributed by atoms with Gasteiger partial charge in [0.05, 0.1) is 0 Å². The molecule has 0 aliphatic carbocycles. The van der Waals surface area contributed by atoms with Crippen LogP contribution in [-0.4, -0.2) is 18.4 Å². The molecule has 1 unspecified atom stereocenters. The molecule has 0 aliphatic heterocycles. The van der Waals surface area contributed by atoms with Crippen LogP contribution in [0.4, 0.5) is 13.2 Å². The third kappa shape index (κ3) is 4.01. The molecule has 4 heteroatoms. The molecule has 0 radical (unpaired) electrons. The summed E-state index contributed by atoms with van der Waals surface area (Å²) in [7, 11) is 0. The quantitative estimate of drug-likeness (QED) is 0.482. The maximum atomic E-state index is 13.1. The molecule has 0 heterocycles. The summed E-state index contributed by atoms with van der Waals surface area (Å²) in [6, 6.07) is 0. The lowest BCUT2D eigenvalue weighted by atomic mass is 10.1. The van der Waals surface area contributed by atoms with Crippen molar-refractivity contribution < 1.29 is 17.9 Å². The van der Waals surface area contributed by atoms with Gasteiger partial charge in [-0.3, -0.25) is 0 Å². The fraction of sp³-hybridized carbons (Fsp3) is 0.556. The van der Waals surface area contributed by atoms with Crippen molar-refractivity contribution in [3.63, 3.8) is 0 Å². The van der Waals surface area contributed by atoms with Crippen molar-refractivity contribution in [2.24, 2.45) is 0 Å². The first kappa shape index (κ1) is 12.1. The highest BCUT2D eigenvalue weighted by atomic mass is 19.2. The van der Waals surface area contributed by atoms with Gasteiger partial charge in [0.1, 0.15) is 18.5 Å². The van der Waals surface area contributed by atoms with Gasteiger partial charge in [-0.15, -0.1) is 0 Å². The Balaban J connectivity index is 4.02. The van der Waals surface area contributed by atoms with Crippen molar-refractivity contribution >= 4 is 0 Å². The van der Waals surface area contributed by atoms with Gasteiger partial charge in [0.25, 0.3) is 0 Å². The Morgan fingerprint density at radius 3 is 2.31 bits per heavy atom. The third-order valence-corrected chi connectivity index (χ3v) is 1.66. The van der Waals surface area contributed by atoms with E-state index in [1.807, 2.05) is 0 Å². The number of halogens is 3. The van der Waals surface area contributed by atoms with Crippen molar-refractivity contribution in [1.82, 2.24) is 0 Å². The van der Waals surface area contributed by atoms with Crippen LogP contribution < -0.4 is 0 Å². The molecule has 0 rings (SSSR count). The largest absolute Gasteiger partial charge is 0.488 e. The molecule has 0 saturated heterocycles. The molecule has 13 heavy (non-hydrogen) atoms. The van der Waals surface area contributed by atoms with E-state index in [-0.39, 0.29) is 5.76 Å². The molecular formula is C9H13F3O. The zero-order chi connectivity index (χ0) is 10.6. The monoisotopic (exact) mass is 194 g/mol. The number of ether oxygens (including phenoxy) is 1. The first-order valence-corrected chi connectivity index (χ1v) is 3.77. The summed E-state index contributed by atoms with van der Waals surface area (Å²) in [5, 5.41) is 0. The second-order valence-electron chi connectivity index (χ2n) is 3.01. The summed E-state index contributed by atoms with van der Waals surface area (Å²) < 4.78 is 42.5. The lowest BCUT2D eigenvalue weighted by Crippen LogP contribution is -2.34. The summed E-state index contributed by atoms with van der Waals surface area (Å²) in [4.78, 5) is 0. The molecule has 2 atom stereocenters. The molecule has 0 aromatic heterocycles. The van der Waals surface area contributed by atoms with Crippen molar-refractivity contribution in [3.8, 4) is 0 Å². The van der Waals surface area contributed by atoms with Gasteiger partial charge in [-0.05, 0) is 13.8 Å². The Kier molecular flexibility index (Phi) is 4.04. The van der Waals surface area contributed by atoms with E-state index in [4.69, 9.17) is 0 Å².